The summed E-state index contributed by atoms with van der Waals surface area (Å²) in [7, 11) is 0. The molecule has 0 aliphatic carbocycles. The molecule has 0 unspecified atom stereocenters. The van der Waals surface area contributed by atoms with E-state index in [0.717, 1.165) is 0 Å². The van der Waals surface area contributed by atoms with Gasteiger partial charge in [-0.2, -0.15) is 0 Å². The van der Waals surface area contributed by atoms with Crippen LogP contribution in [0.4, 0.5) is 0 Å². The lowest BCUT2D eigenvalue weighted by atomic mass is 10.3. The van der Waals surface area contributed by atoms with Crippen LogP contribution >= 0.6 is 11.6 Å². The van der Waals surface area contributed by atoms with Crippen LogP contribution in [0.5, 0.6) is 0 Å². The Kier molecular flexibility index (Phi) is 3.20. The Labute approximate surface area is 53.6 Å². The smallest absolute Gasteiger partial charge is 0.251 e. The number of halogens is 1. The average molecular weight is 131 g/mol. The zero-order valence-corrected chi connectivity index (χ0v) is 5.40. The van der Waals surface area contributed by atoms with Crippen molar-refractivity contribution in [2.24, 2.45) is 0 Å². The van der Waals surface area contributed by atoms with Gasteiger partial charge in [-0.05, 0) is 18.5 Å². The standard InChI is InChI=1S/C6H7ClO/c1-3-4-5(2)6(7)8/h3-4H,2H2,1H3/b4-3-. The molecule has 0 fully saturated rings. The van der Waals surface area contributed by atoms with Crippen molar-refractivity contribution >= 4 is 16.8 Å². The molecule has 0 saturated heterocycles. The molecule has 0 bridgehead atoms. The normalized spacial score (nSPS) is 9.75. The van der Waals surface area contributed by atoms with Crippen LogP contribution < -0.4 is 0 Å². The van der Waals surface area contributed by atoms with E-state index in [1.54, 1.807) is 19.1 Å². The Morgan fingerprint density at radius 2 is 2.25 bits per heavy atom. The van der Waals surface area contributed by atoms with Crippen molar-refractivity contribution in [3.8, 4) is 0 Å². The Hall–Kier alpha value is -0.560. The van der Waals surface area contributed by atoms with Crippen molar-refractivity contribution in [1.82, 2.24) is 0 Å². The first kappa shape index (κ1) is 7.44. The fraction of sp³-hybridized carbons (Fsp3) is 0.167. The quantitative estimate of drug-likeness (QED) is 0.317. The third kappa shape index (κ3) is 2.59. The SMILES string of the molecule is C=C(/C=C\C)C(=O)Cl. The van der Waals surface area contributed by atoms with Crippen molar-refractivity contribution in [1.29, 1.82) is 0 Å². The van der Waals surface area contributed by atoms with Gasteiger partial charge in [-0.1, -0.05) is 18.7 Å². The largest absolute Gasteiger partial charge is 0.276 e. The topological polar surface area (TPSA) is 17.1 Å². The molecule has 0 saturated carbocycles. The summed E-state index contributed by atoms with van der Waals surface area (Å²) in [5.41, 5.74) is 0.328. The molecule has 0 radical (unpaired) electrons. The molecule has 0 N–H and O–H groups in total. The first-order chi connectivity index (χ1) is 3.68. The molecule has 1 nitrogen and oxygen atoms in total. The van der Waals surface area contributed by atoms with Gasteiger partial charge in [-0.15, -0.1) is 0 Å². The van der Waals surface area contributed by atoms with Gasteiger partial charge in [0.2, 0.25) is 0 Å². The van der Waals surface area contributed by atoms with E-state index in [-0.39, 0.29) is 0 Å². The van der Waals surface area contributed by atoms with E-state index in [0.29, 0.717) is 5.57 Å². The fourth-order valence-electron chi connectivity index (χ4n) is 0.267. The van der Waals surface area contributed by atoms with E-state index in [1.807, 2.05) is 0 Å². The summed E-state index contributed by atoms with van der Waals surface area (Å²) in [5.74, 6) is 0. The van der Waals surface area contributed by atoms with Crippen LogP contribution in [-0.2, 0) is 4.79 Å². The van der Waals surface area contributed by atoms with Crippen molar-refractivity contribution in [2.45, 2.75) is 6.92 Å². The minimum absolute atomic E-state index is 0.328. The summed E-state index contributed by atoms with van der Waals surface area (Å²) < 4.78 is 0. The highest BCUT2D eigenvalue weighted by atomic mass is 35.5. The Balaban J connectivity index is 3.85. The number of allylic oxidation sites excluding steroid dienone is 3. The van der Waals surface area contributed by atoms with Crippen molar-refractivity contribution in [2.75, 3.05) is 0 Å². The summed E-state index contributed by atoms with van der Waals surface area (Å²) >= 11 is 5.02. The molecular formula is C6H7ClO. The van der Waals surface area contributed by atoms with Gasteiger partial charge in [-0.3, -0.25) is 4.79 Å². The highest BCUT2D eigenvalue weighted by Gasteiger charge is 1.94. The number of rotatable bonds is 2. The van der Waals surface area contributed by atoms with Crippen LogP contribution in [0.2, 0.25) is 0 Å². The van der Waals surface area contributed by atoms with Crippen LogP contribution in [0.15, 0.2) is 24.3 Å². The lowest BCUT2D eigenvalue weighted by Gasteiger charge is -1.83. The lowest BCUT2D eigenvalue weighted by molar-refractivity contribution is -0.108. The number of carbonyl (C=O) groups is 1. The molecule has 0 spiro atoms. The molecule has 0 aromatic rings. The summed E-state index contributed by atoms with van der Waals surface area (Å²) in [5, 5.41) is -0.497. The molecule has 8 heavy (non-hydrogen) atoms. The number of carbonyl (C=O) groups excluding carboxylic acids is 1. The first-order valence-electron chi connectivity index (χ1n) is 2.20. The van der Waals surface area contributed by atoms with Gasteiger partial charge >= 0.3 is 0 Å². The molecular weight excluding hydrogens is 124 g/mol. The van der Waals surface area contributed by atoms with Gasteiger partial charge in [0.25, 0.3) is 5.24 Å². The molecule has 44 valence electrons. The molecule has 0 aromatic carbocycles. The maximum absolute atomic E-state index is 10.1. The maximum Gasteiger partial charge on any atom is 0.251 e. The Bertz CT molecular complexity index is 135. The Morgan fingerprint density at radius 3 is 2.38 bits per heavy atom. The zero-order chi connectivity index (χ0) is 6.57. The van der Waals surface area contributed by atoms with Crippen molar-refractivity contribution in [3.63, 3.8) is 0 Å². The van der Waals surface area contributed by atoms with Crippen LogP contribution in [0.3, 0.4) is 0 Å². The molecule has 0 aliphatic heterocycles. The molecule has 0 heterocycles. The summed E-state index contributed by atoms with van der Waals surface area (Å²) in [6, 6.07) is 0. The molecule has 0 amide bonds. The highest BCUT2D eigenvalue weighted by Crippen LogP contribution is 1.97. The van der Waals surface area contributed by atoms with Crippen LogP contribution in [0.1, 0.15) is 6.92 Å². The number of hydrogen-bond donors (Lipinski definition) is 0. The van der Waals surface area contributed by atoms with Gasteiger partial charge in [0, 0.05) is 5.57 Å². The van der Waals surface area contributed by atoms with E-state index in [1.165, 1.54) is 0 Å². The van der Waals surface area contributed by atoms with E-state index in [4.69, 9.17) is 11.6 Å². The third-order valence-corrected chi connectivity index (χ3v) is 0.863. The zero-order valence-electron chi connectivity index (χ0n) is 4.65. The first-order valence-corrected chi connectivity index (χ1v) is 2.57. The van der Waals surface area contributed by atoms with Crippen molar-refractivity contribution < 1.29 is 4.79 Å². The number of hydrogen-bond acceptors (Lipinski definition) is 1. The van der Waals surface area contributed by atoms with Gasteiger partial charge in [0.05, 0.1) is 0 Å². The van der Waals surface area contributed by atoms with E-state index in [9.17, 15) is 4.79 Å². The second kappa shape index (κ2) is 3.44. The van der Waals surface area contributed by atoms with Gasteiger partial charge in [-0.25, -0.2) is 0 Å². The predicted molar refractivity (Wildman–Crippen MR) is 34.8 cm³/mol. The van der Waals surface area contributed by atoms with Crippen LogP contribution in [-0.4, -0.2) is 5.24 Å². The summed E-state index contributed by atoms with van der Waals surface area (Å²) in [4.78, 5) is 10.1. The van der Waals surface area contributed by atoms with Crippen LogP contribution in [0.25, 0.3) is 0 Å². The third-order valence-electron chi connectivity index (χ3n) is 0.620. The maximum atomic E-state index is 10.1. The summed E-state index contributed by atoms with van der Waals surface area (Å²) in [6.07, 6.45) is 3.28. The highest BCUT2D eigenvalue weighted by molar-refractivity contribution is 6.68. The Morgan fingerprint density at radius 1 is 1.75 bits per heavy atom. The second-order valence-electron chi connectivity index (χ2n) is 1.30. The van der Waals surface area contributed by atoms with Crippen molar-refractivity contribution in [3.05, 3.63) is 24.3 Å². The van der Waals surface area contributed by atoms with E-state index < -0.39 is 5.24 Å². The van der Waals surface area contributed by atoms with E-state index in [2.05, 4.69) is 6.58 Å². The van der Waals surface area contributed by atoms with Gasteiger partial charge in [0.1, 0.15) is 0 Å². The van der Waals surface area contributed by atoms with E-state index >= 15 is 0 Å². The van der Waals surface area contributed by atoms with Gasteiger partial charge < -0.3 is 0 Å². The minimum Gasteiger partial charge on any atom is -0.276 e. The van der Waals surface area contributed by atoms with Crippen LogP contribution in [0, 0.1) is 0 Å². The molecule has 0 aromatic heterocycles. The predicted octanol–water partition coefficient (Wildman–Crippen LogP) is 1.88. The summed E-state index contributed by atoms with van der Waals surface area (Å²) in [6.45, 7) is 5.17. The molecule has 2 heteroatoms. The van der Waals surface area contributed by atoms with Gasteiger partial charge in [0.15, 0.2) is 0 Å². The second-order valence-corrected chi connectivity index (χ2v) is 1.64. The minimum atomic E-state index is -0.497. The lowest BCUT2D eigenvalue weighted by Crippen LogP contribution is -1.84. The molecule has 0 rings (SSSR count). The monoisotopic (exact) mass is 130 g/mol. The molecule has 0 aliphatic rings. The fourth-order valence-corrected chi connectivity index (χ4v) is 0.330. The average Bonchev–Trinajstić information content (AvgIpc) is 1.67. The molecule has 0 atom stereocenters.